The number of methoxy groups -OCH3 is 1. The van der Waals surface area contributed by atoms with Crippen molar-refractivity contribution in [3.63, 3.8) is 0 Å². The second-order valence-corrected chi connectivity index (χ2v) is 14.0. The van der Waals surface area contributed by atoms with Crippen LogP contribution in [0.1, 0.15) is 51.8 Å². The highest BCUT2D eigenvalue weighted by Gasteiger charge is 2.34. The SMILES string of the molecule is COc1cc(/C=C/c2cccc(-c3cccc(-c4nc5cc(CN6CC[C@H](OC=O)C6)ccc5o4)c3C)c2C)c(C(F)(F)F)cc1CN1CC[C@H](O)C1. The van der Waals surface area contributed by atoms with E-state index in [-0.39, 0.29) is 18.2 Å². The van der Waals surface area contributed by atoms with Gasteiger partial charge in [0.1, 0.15) is 17.4 Å². The number of β-amino-alcohol motifs (C(OH)–C–C–N with tert-alkyl or cyclic N) is 1. The van der Waals surface area contributed by atoms with Crippen molar-refractivity contribution in [2.45, 2.75) is 58.2 Å². The molecule has 2 saturated heterocycles. The molecule has 0 bridgehead atoms. The Labute approximate surface area is 306 Å². The topological polar surface area (TPSA) is 88.3 Å². The molecule has 1 aromatic heterocycles. The van der Waals surface area contributed by atoms with Gasteiger partial charge in [-0.25, -0.2) is 4.98 Å². The Bertz CT molecular complexity index is 2160. The first-order chi connectivity index (χ1) is 25.5. The van der Waals surface area contributed by atoms with Crippen LogP contribution in [0.25, 0.3) is 45.8 Å². The first-order valence-corrected chi connectivity index (χ1v) is 17.8. The molecule has 4 aromatic carbocycles. The van der Waals surface area contributed by atoms with Gasteiger partial charge in [0.25, 0.3) is 6.47 Å². The van der Waals surface area contributed by atoms with Crippen LogP contribution >= 0.6 is 0 Å². The van der Waals surface area contributed by atoms with Gasteiger partial charge in [0.2, 0.25) is 5.89 Å². The molecule has 1 N–H and O–H groups in total. The number of aliphatic hydroxyl groups excluding tert-OH is 1. The number of rotatable bonds is 11. The molecule has 53 heavy (non-hydrogen) atoms. The van der Waals surface area contributed by atoms with Crippen LogP contribution in [0.15, 0.2) is 71.1 Å². The summed E-state index contributed by atoms with van der Waals surface area (Å²) in [6, 6.07) is 20.4. The molecule has 0 amide bonds. The number of carbonyl (C=O) groups is 1. The van der Waals surface area contributed by atoms with Crippen molar-refractivity contribution in [1.29, 1.82) is 0 Å². The van der Waals surface area contributed by atoms with Crippen LogP contribution in [-0.2, 0) is 28.8 Å². The fraction of sp³-hybridized carbons (Fsp3) is 0.333. The molecule has 7 rings (SSSR count). The monoisotopic (exact) mass is 725 g/mol. The Morgan fingerprint density at radius 2 is 1.60 bits per heavy atom. The molecular formula is C42H42F3N3O5. The molecule has 5 aromatic rings. The van der Waals surface area contributed by atoms with E-state index in [1.807, 2.05) is 73.3 Å². The Morgan fingerprint density at radius 1 is 0.887 bits per heavy atom. The Morgan fingerprint density at radius 3 is 2.34 bits per heavy atom. The van der Waals surface area contributed by atoms with Crippen molar-refractivity contribution in [2.24, 2.45) is 0 Å². The van der Waals surface area contributed by atoms with Crippen LogP contribution in [0.3, 0.4) is 0 Å². The number of likely N-dealkylation sites (tertiary alicyclic amines) is 2. The van der Waals surface area contributed by atoms with E-state index < -0.39 is 17.8 Å². The lowest BCUT2D eigenvalue weighted by Crippen LogP contribution is -2.22. The third-order valence-corrected chi connectivity index (χ3v) is 10.4. The number of nitrogens with zero attached hydrogens (tertiary/aromatic N) is 3. The predicted molar refractivity (Wildman–Crippen MR) is 198 cm³/mol. The molecular weight excluding hydrogens is 683 g/mol. The van der Waals surface area contributed by atoms with Crippen molar-refractivity contribution in [2.75, 3.05) is 33.3 Å². The molecule has 0 aliphatic carbocycles. The minimum Gasteiger partial charge on any atom is -0.496 e. The van der Waals surface area contributed by atoms with E-state index in [0.717, 1.165) is 64.0 Å². The average Bonchev–Trinajstić information content (AvgIpc) is 3.87. The largest absolute Gasteiger partial charge is 0.496 e. The van der Waals surface area contributed by atoms with Crippen LogP contribution in [0.4, 0.5) is 13.2 Å². The highest BCUT2D eigenvalue weighted by molar-refractivity contribution is 5.83. The minimum atomic E-state index is -4.57. The lowest BCUT2D eigenvalue weighted by atomic mass is 9.91. The second kappa shape index (κ2) is 15.2. The summed E-state index contributed by atoms with van der Waals surface area (Å²) in [7, 11) is 1.46. The zero-order valence-electron chi connectivity index (χ0n) is 30.0. The summed E-state index contributed by atoms with van der Waals surface area (Å²) in [6.07, 6.45) is -0.492. The molecule has 2 aliphatic heterocycles. The number of halogens is 3. The zero-order valence-corrected chi connectivity index (χ0v) is 30.0. The lowest BCUT2D eigenvalue weighted by molar-refractivity contribution is -0.138. The van der Waals surface area contributed by atoms with Gasteiger partial charge in [-0.2, -0.15) is 13.2 Å². The number of fused-ring (bicyclic) bond motifs is 1. The average molecular weight is 726 g/mol. The molecule has 0 unspecified atom stereocenters. The summed E-state index contributed by atoms with van der Waals surface area (Å²) >= 11 is 0. The molecule has 0 spiro atoms. The molecule has 2 aliphatic rings. The Hall–Kier alpha value is -4.97. The second-order valence-electron chi connectivity index (χ2n) is 14.0. The summed E-state index contributed by atoms with van der Waals surface area (Å²) in [5.41, 5.74) is 7.66. The number of benzene rings is 4. The quantitative estimate of drug-likeness (QED) is 0.108. The van der Waals surface area contributed by atoms with E-state index in [4.69, 9.17) is 18.9 Å². The van der Waals surface area contributed by atoms with Crippen molar-refractivity contribution in [3.8, 4) is 28.3 Å². The van der Waals surface area contributed by atoms with Crippen LogP contribution in [-0.4, -0.2) is 71.9 Å². The number of hydrogen-bond donors (Lipinski definition) is 1. The van der Waals surface area contributed by atoms with Crippen LogP contribution in [0, 0.1) is 13.8 Å². The highest BCUT2D eigenvalue weighted by atomic mass is 19.4. The van der Waals surface area contributed by atoms with E-state index in [1.54, 1.807) is 6.08 Å². The smallest absolute Gasteiger partial charge is 0.417 e. The lowest BCUT2D eigenvalue weighted by Gasteiger charge is -2.20. The number of aliphatic hydroxyl groups is 1. The normalized spacial score (nSPS) is 18.4. The number of aromatic nitrogens is 1. The van der Waals surface area contributed by atoms with Crippen LogP contribution in [0.2, 0.25) is 0 Å². The summed E-state index contributed by atoms with van der Waals surface area (Å²) in [5, 5.41) is 9.92. The van der Waals surface area contributed by atoms with Gasteiger partial charge in [-0.15, -0.1) is 0 Å². The minimum absolute atomic E-state index is 0.0122. The molecule has 276 valence electrons. The van der Waals surface area contributed by atoms with E-state index in [2.05, 4.69) is 4.90 Å². The molecule has 0 saturated carbocycles. The van der Waals surface area contributed by atoms with Crippen LogP contribution < -0.4 is 4.74 Å². The summed E-state index contributed by atoms with van der Waals surface area (Å²) < 4.78 is 60.1. The highest BCUT2D eigenvalue weighted by Crippen LogP contribution is 2.39. The van der Waals surface area contributed by atoms with Crippen molar-refractivity contribution < 1.29 is 37.0 Å². The molecule has 2 fully saturated rings. The maximum absolute atomic E-state index is 14.4. The van der Waals surface area contributed by atoms with Gasteiger partial charge in [0, 0.05) is 50.4 Å². The number of carbonyl (C=O) groups excluding carboxylic acids is 1. The van der Waals surface area contributed by atoms with Gasteiger partial charge in [-0.1, -0.05) is 48.6 Å². The van der Waals surface area contributed by atoms with E-state index >= 15 is 0 Å². The Kier molecular flexibility index (Phi) is 10.4. The maximum Gasteiger partial charge on any atom is 0.417 e. The number of ether oxygens (including phenoxy) is 2. The van der Waals surface area contributed by atoms with Gasteiger partial charge in [-0.05, 0) is 96.0 Å². The zero-order chi connectivity index (χ0) is 37.3. The molecule has 3 heterocycles. The third kappa shape index (κ3) is 7.88. The number of oxazole rings is 1. The van der Waals surface area contributed by atoms with Gasteiger partial charge in [-0.3, -0.25) is 14.6 Å². The third-order valence-electron chi connectivity index (χ3n) is 10.4. The van der Waals surface area contributed by atoms with Crippen molar-refractivity contribution in [1.82, 2.24) is 14.8 Å². The van der Waals surface area contributed by atoms with Gasteiger partial charge >= 0.3 is 6.18 Å². The molecule has 11 heteroatoms. The van der Waals surface area contributed by atoms with E-state index in [1.165, 1.54) is 25.3 Å². The van der Waals surface area contributed by atoms with Crippen molar-refractivity contribution in [3.05, 3.63) is 106 Å². The fourth-order valence-corrected chi connectivity index (χ4v) is 7.57. The first kappa shape index (κ1) is 36.4. The van der Waals surface area contributed by atoms with Crippen LogP contribution in [0.5, 0.6) is 5.75 Å². The standard InChI is InChI=1S/C42H42F3N3O5/c1-26-29(11-12-30-20-40(51-3)31(19-37(30)42(43,44)45)22-48-16-14-32(50)23-48)6-4-7-34(26)35-8-5-9-36(27(35)2)41-46-38-18-28(10-13-39(38)53-41)21-47-17-15-33(24-47)52-25-49/h4-13,18-20,25,32-33,50H,14-17,21-24H2,1-3H3/b12-11+/t32-,33-/m0/s1. The molecule has 2 atom stereocenters. The molecule has 8 nitrogen and oxygen atoms in total. The van der Waals surface area contributed by atoms with Gasteiger partial charge < -0.3 is 19.0 Å². The Balaban J connectivity index is 1.15. The maximum atomic E-state index is 14.4. The van der Waals surface area contributed by atoms with Gasteiger partial charge in [0.05, 0.1) is 18.8 Å². The first-order valence-electron chi connectivity index (χ1n) is 17.8. The van der Waals surface area contributed by atoms with Crippen molar-refractivity contribution >= 4 is 29.7 Å². The predicted octanol–water partition coefficient (Wildman–Crippen LogP) is 8.29. The number of hydrogen-bond acceptors (Lipinski definition) is 8. The molecule has 0 radical (unpaired) electrons. The summed E-state index contributed by atoms with van der Waals surface area (Å²) in [6.45, 7) is 8.07. The summed E-state index contributed by atoms with van der Waals surface area (Å²) in [4.78, 5) is 19.8. The number of alkyl halides is 3. The van der Waals surface area contributed by atoms with E-state index in [0.29, 0.717) is 55.3 Å². The fourth-order valence-electron chi connectivity index (χ4n) is 7.57. The van der Waals surface area contributed by atoms with E-state index in [9.17, 15) is 23.1 Å². The van der Waals surface area contributed by atoms with Gasteiger partial charge in [0.15, 0.2) is 5.58 Å². The summed E-state index contributed by atoms with van der Waals surface area (Å²) in [5.74, 6) is 0.877.